The van der Waals surface area contributed by atoms with Crippen LogP contribution in [-0.2, 0) is 26.8 Å². The Kier molecular flexibility index (Phi) is 7.15. The third-order valence-electron chi connectivity index (χ3n) is 6.64. The van der Waals surface area contributed by atoms with Gasteiger partial charge in [0.05, 0.1) is 17.6 Å². The minimum absolute atomic E-state index is 0.0947. The van der Waals surface area contributed by atoms with Crippen molar-refractivity contribution in [3.8, 4) is 0 Å². The molecule has 4 rings (SSSR count). The molecule has 1 aromatic heterocycles. The minimum atomic E-state index is -3.63. The standard InChI is InChI=1S/C27H34N4O3S/c1-20-10-11-23(27(2,3)4)18-24(20)35(33,34)30-16-13-22(14-17-30)26(32)29-25-12-15-28-31(25)19-21-8-6-5-7-9-21/h5-12,15,18,22H,13-14,16-17,19H2,1-4H3,(H,29,32). The molecule has 1 aliphatic rings. The van der Waals surface area contributed by atoms with Crippen molar-refractivity contribution in [1.82, 2.24) is 14.1 Å². The normalized spacial score (nSPS) is 15.8. The number of benzene rings is 2. The van der Waals surface area contributed by atoms with Crippen molar-refractivity contribution in [3.63, 3.8) is 0 Å². The monoisotopic (exact) mass is 494 g/mol. The highest BCUT2D eigenvalue weighted by Gasteiger charge is 2.33. The maximum absolute atomic E-state index is 13.5. The highest BCUT2D eigenvalue weighted by Crippen LogP contribution is 2.30. The number of piperidine rings is 1. The fraction of sp³-hybridized carbons (Fsp3) is 0.407. The van der Waals surface area contributed by atoms with Crippen LogP contribution in [0.15, 0.2) is 65.7 Å². The predicted octanol–water partition coefficient (Wildman–Crippen LogP) is 4.58. The Morgan fingerprint density at radius 3 is 2.40 bits per heavy atom. The number of carbonyl (C=O) groups is 1. The van der Waals surface area contributed by atoms with E-state index in [9.17, 15) is 13.2 Å². The van der Waals surface area contributed by atoms with Gasteiger partial charge in [-0.2, -0.15) is 9.40 Å². The summed E-state index contributed by atoms with van der Waals surface area (Å²) in [5.41, 5.74) is 2.68. The number of nitrogens with zero attached hydrogens (tertiary/aromatic N) is 3. The molecular weight excluding hydrogens is 460 g/mol. The van der Waals surface area contributed by atoms with Gasteiger partial charge in [-0.05, 0) is 47.9 Å². The van der Waals surface area contributed by atoms with E-state index in [-0.39, 0.29) is 17.2 Å². The number of amides is 1. The third kappa shape index (κ3) is 5.65. The van der Waals surface area contributed by atoms with Crippen LogP contribution in [0.5, 0.6) is 0 Å². The Balaban J connectivity index is 1.41. The topological polar surface area (TPSA) is 84.3 Å². The molecule has 2 aromatic carbocycles. The maximum Gasteiger partial charge on any atom is 0.243 e. The van der Waals surface area contributed by atoms with E-state index < -0.39 is 10.0 Å². The van der Waals surface area contributed by atoms with Gasteiger partial charge in [-0.1, -0.05) is 63.2 Å². The molecule has 0 aliphatic carbocycles. The number of rotatable bonds is 6. The average molecular weight is 495 g/mol. The zero-order valence-electron chi connectivity index (χ0n) is 20.9. The Labute approximate surface area is 208 Å². The van der Waals surface area contributed by atoms with Crippen LogP contribution in [0.1, 0.15) is 50.3 Å². The van der Waals surface area contributed by atoms with Crippen molar-refractivity contribution < 1.29 is 13.2 Å². The van der Waals surface area contributed by atoms with Crippen LogP contribution < -0.4 is 5.32 Å². The number of anilines is 1. The van der Waals surface area contributed by atoms with Crippen LogP contribution in [0, 0.1) is 12.8 Å². The van der Waals surface area contributed by atoms with Crippen LogP contribution in [0.4, 0.5) is 5.82 Å². The van der Waals surface area contributed by atoms with Crippen molar-refractivity contribution in [2.45, 2.75) is 57.4 Å². The van der Waals surface area contributed by atoms with E-state index in [2.05, 4.69) is 31.2 Å². The molecule has 1 N–H and O–H groups in total. The van der Waals surface area contributed by atoms with Gasteiger partial charge in [0.25, 0.3) is 0 Å². The zero-order chi connectivity index (χ0) is 25.2. The lowest BCUT2D eigenvalue weighted by atomic mass is 9.87. The largest absolute Gasteiger partial charge is 0.311 e. The van der Waals surface area contributed by atoms with E-state index in [0.717, 1.165) is 16.7 Å². The molecule has 0 bridgehead atoms. The van der Waals surface area contributed by atoms with E-state index in [0.29, 0.717) is 43.2 Å². The predicted molar refractivity (Wildman–Crippen MR) is 138 cm³/mol. The van der Waals surface area contributed by atoms with Gasteiger partial charge in [-0.15, -0.1) is 0 Å². The Morgan fingerprint density at radius 2 is 1.74 bits per heavy atom. The summed E-state index contributed by atoms with van der Waals surface area (Å²) in [5, 5.41) is 7.33. The lowest BCUT2D eigenvalue weighted by Gasteiger charge is -2.31. The van der Waals surface area contributed by atoms with E-state index in [4.69, 9.17) is 0 Å². The van der Waals surface area contributed by atoms with Crippen molar-refractivity contribution in [2.75, 3.05) is 18.4 Å². The summed E-state index contributed by atoms with van der Waals surface area (Å²) < 4.78 is 30.2. The number of hydrogen-bond acceptors (Lipinski definition) is 4. The van der Waals surface area contributed by atoms with Crippen LogP contribution >= 0.6 is 0 Å². The number of sulfonamides is 1. The number of aromatic nitrogens is 2. The third-order valence-corrected chi connectivity index (χ3v) is 8.68. The lowest BCUT2D eigenvalue weighted by Crippen LogP contribution is -2.41. The highest BCUT2D eigenvalue weighted by molar-refractivity contribution is 7.89. The molecular formula is C27H34N4O3S. The molecule has 8 heteroatoms. The van der Waals surface area contributed by atoms with Gasteiger partial charge in [0.1, 0.15) is 5.82 Å². The van der Waals surface area contributed by atoms with Gasteiger partial charge in [0.2, 0.25) is 15.9 Å². The van der Waals surface area contributed by atoms with Crippen molar-refractivity contribution in [3.05, 3.63) is 77.5 Å². The second kappa shape index (κ2) is 9.95. The van der Waals surface area contributed by atoms with Crippen LogP contribution in [0.2, 0.25) is 0 Å². The molecule has 186 valence electrons. The summed E-state index contributed by atoms with van der Waals surface area (Å²) in [6.07, 6.45) is 2.63. The van der Waals surface area contributed by atoms with Crippen molar-refractivity contribution in [1.29, 1.82) is 0 Å². The molecule has 0 radical (unpaired) electrons. The van der Waals surface area contributed by atoms with Crippen LogP contribution in [0.3, 0.4) is 0 Å². The molecule has 2 heterocycles. The first-order valence-electron chi connectivity index (χ1n) is 12.0. The maximum atomic E-state index is 13.5. The Morgan fingerprint density at radius 1 is 1.06 bits per heavy atom. The van der Waals surface area contributed by atoms with Gasteiger partial charge in [-0.3, -0.25) is 4.79 Å². The summed E-state index contributed by atoms with van der Waals surface area (Å²) >= 11 is 0. The molecule has 0 unspecified atom stereocenters. The number of carbonyl (C=O) groups excluding carboxylic acids is 1. The number of aryl methyl sites for hydroxylation is 1. The molecule has 1 saturated heterocycles. The molecule has 1 aliphatic heterocycles. The van der Waals surface area contributed by atoms with E-state index in [1.165, 1.54) is 4.31 Å². The second-order valence-electron chi connectivity index (χ2n) is 10.3. The highest BCUT2D eigenvalue weighted by atomic mass is 32.2. The summed E-state index contributed by atoms with van der Waals surface area (Å²) in [7, 11) is -3.63. The first-order chi connectivity index (χ1) is 16.6. The zero-order valence-corrected chi connectivity index (χ0v) is 21.7. The van der Waals surface area contributed by atoms with Gasteiger partial charge >= 0.3 is 0 Å². The fourth-order valence-electron chi connectivity index (χ4n) is 4.39. The summed E-state index contributed by atoms with van der Waals surface area (Å²) in [6, 6.07) is 17.4. The fourth-order valence-corrected chi connectivity index (χ4v) is 6.11. The first-order valence-corrected chi connectivity index (χ1v) is 13.5. The number of hydrogen-bond donors (Lipinski definition) is 1. The van der Waals surface area contributed by atoms with E-state index >= 15 is 0 Å². The molecule has 0 saturated carbocycles. The van der Waals surface area contributed by atoms with E-state index in [1.54, 1.807) is 23.0 Å². The SMILES string of the molecule is Cc1ccc(C(C)(C)C)cc1S(=O)(=O)N1CCC(C(=O)Nc2ccnn2Cc2ccccc2)CC1. The average Bonchev–Trinajstić information content (AvgIpc) is 3.25. The molecule has 0 atom stereocenters. The Hall–Kier alpha value is -2.97. The summed E-state index contributed by atoms with van der Waals surface area (Å²) in [5.74, 6) is 0.301. The smallest absolute Gasteiger partial charge is 0.243 e. The van der Waals surface area contributed by atoms with Gasteiger partial charge in [-0.25, -0.2) is 13.1 Å². The van der Waals surface area contributed by atoms with Crippen molar-refractivity contribution >= 4 is 21.7 Å². The summed E-state index contributed by atoms with van der Waals surface area (Å²) in [6.45, 7) is 9.26. The molecule has 1 fully saturated rings. The minimum Gasteiger partial charge on any atom is -0.311 e. The quantitative estimate of drug-likeness (QED) is 0.544. The number of nitrogens with one attached hydrogen (secondary N) is 1. The van der Waals surface area contributed by atoms with Gasteiger partial charge in [0.15, 0.2) is 0 Å². The van der Waals surface area contributed by atoms with Gasteiger partial charge in [0, 0.05) is 25.1 Å². The molecule has 0 spiro atoms. The summed E-state index contributed by atoms with van der Waals surface area (Å²) in [4.78, 5) is 13.3. The molecule has 7 nitrogen and oxygen atoms in total. The Bertz CT molecular complexity index is 1290. The first kappa shape index (κ1) is 25.1. The molecule has 1 amide bonds. The second-order valence-corrected chi connectivity index (χ2v) is 12.2. The molecule has 3 aromatic rings. The van der Waals surface area contributed by atoms with Gasteiger partial charge < -0.3 is 5.32 Å². The molecule has 35 heavy (non-hydrogen) atoms. The van der Waals surface area contributed by atoms with Crippen molar-refractivity contribution in [2.24, 2.45) is 5.92 Å². The van der Waals surface area contributed by atoms with Crippen LogP contribution in [0.25, 0.3) is 0 Å². The van der Waals surface area contributed by atoms with E-state index in [1.807, 2.05) is 49.4 Å². The lowest BCUT2D eigenvalue weighted by molar-refractivity contribution is -0.121. The van der Waals surface area contributed by atoms with Crippen LogP contribution in [-0.4, -0.2) is 41.5 Å².